The van der Waals surface area contributed by atoms with Gasteiger partial charge in [0.05, 0.1) is 0 Å². The summed E-state index contributed by atoms with van der Waals surface area (Å²) in [7, 11) is 4.02. The summed E-state index contributed by atoms with van der Waals surface area (Å²) in [5.41, 5.74) is 1.84. The molecule has 0 aliphatic rings. The van der Waals surface area contributed by atoms with E-state index in [2.05, 4.69) is 10.2 Å². The predicted octanol–water partition coefficient (Wildman–Crippen LogP) is 0.860. The quantitative estimate of drug-likeness (QED) is 0.720. The number of aliphatic hydroxyl groups excluding tert-OH is 1. The Hall–Kier alpha value is -1.39. The van der Waals surface area contributed by atoms with Gasteiger partial charge in [0.25, 0.3) is 5.91 Å². The molecule has 94 valence electrons. The molecule has 1 aromatic rings. The Kier molecular flexibility index (Phi) is 5.66. The fraction of sp³-hybridized carbons (Fsp3) is 0.462. The van der Waals surface area contributed by atoms with E-state index in [-0.39, 0.29) is 12.5 Å². The summed E-state index contributed by atoms with van der Waals surface area (Å²) >= 11 is 0. The number of hydrogen-bond acceptors (Lipinski definition) is 3. The van der Waals surface area contributed by atoms with Crippen molar-refractivity contribution in [3.05, 3.63) is 35.4 Å². The molecular formula is C13H20N2O2. The average molecular weight is 236 g/mol. The van der Waals surface area contributed by atoms with Gasteiger partial charge in [-0.05, 0) is 38.2 Å². The Morgan fingerprint density at radius 1 is 1.29 bits per heavy atom. The van der Waals surface area contributed by atoms with Crippen LogP contribution in [0, 0.1) is 0 Å². The molecule has 0 unspecified atom stereocenters. The van der Waals surface area contributed by atoms with Crippen LogP contribution in [0.4, 0.5) is 0 Å². The number of carbonyl (C=O) groups is 1. The topological polar surface area (TPSA) is 52.6 Å². The molecule has 0 saturated carbocycles. The number of rotatable bonds is 6. The largest absolute Gasteiger partial charge is 0.396 e. The van der Waals surface area contributed by atoms with Crippen LogP contribution in [0.2, 0.25) is 0 Å². The zero-order chi connectivity index (χ0) is 12.7. The fourth-order valence-corrected chi connectivity index (χ4v) is 1.51. The van der Waals surface area contributed by atoms with Crippen LogP contribution in [0.5, 0.6) is 0 Å². The van der Waals surface area contributed by atoms with Crippen molar-refractivity contribution in [2.45, 2.75) is 13.0 Å². The summed E-state index contributed by atoms with van der Waals surface area (Å²) < 4.78 is 0. The number of benzene rings is 1. The first kappa shape index (κ1) is 13.7. The third-order valence-electron chi connectivity index (χ3n) is 2.34. The van der Waals surface area contributed by atoms with Gasteiger partial charge in [0.1, 0.15) is 0 Å². The second-order valence-electron chi connectivity index (χ2n) is 4.27. The van der Waals surface area contributed by atoms with Crippen molar-refractivity contribution >= 4 is 5.91 Å². The van der Waals surface area contributed by atoms with E-state index in [1.54, 1.807) is 0 Å². The third kappa shape index (κ3) is 4.97. The standard InChI is InChI=1S/C13H20N2O2/c1-15(2)10-11-4-6-12(7-5-11)13(17)14-8-3-9-16/h4-7,16H,3,8-10H2,1-2H3,(H,14,17). The summed E-state index contributed by atoms with van der Waals surface area (Å²) in [6.45, 7) is 1.48. The number of nitrogens with one attached hydrogen (secondary N) is 1. The minimum Gasteiger partial charge on any atom is -0.396 e. The van der Waals surface area contributed by atoms with E-state index < -0.39 is 0 Å². The van der Waals surface area contributed by atoms with Gasteiger partial charge in [0.15, 0.2) is 0 Å². The minimum atomic E-state index is -0.0881. The van der Waals surface area contributed by atoms with Crippen LogP contribution < -0.4 is 5.32 Å². The molecule has 0 atom stereocenters. The second-order valence-corrected chi connectivity index (χ2v) is 4.27. The molecule has 0 radical (unpaired) electrons. The van der Waals surface area contributed by atoms with Gasteiger partial charge in [-0.25, -0.2) is 0 Å². The van der Waals surface area contributed by atoms with Crippen molar-refractivity contribution in [2.24, 2.45) is 0 Å². The van der Waals surface area contributed by atoms with Gasteiger partial charge >= 0.3 is 0 Å². The Labute approximate surface area is 102 Å². The first-order chi connectivity index (χ1) is 8.13. The zero-order valence-corrected chi connectivity index (χ0v) is 10.4. The maximum Gasteiger partial charge on any atom is 0.251 e. The monoisotopic (exact) mass is 236 g/mol. The van der Waals surface area contributed by atoms with Crippen molar-refractivity contribution < 1.29 is 9.90 Å². The Morgan fingerprint density at radius 2 is 1.94 bits per heavy atom. The van der Waals surface area contributed by atoms with Crippen molar-refractivity contribution in [1.82, 2.24) is 10.2 Å². The van der Waals surface area contributed by atoms with E-state index in [1.807, 2.05) is 38.4 Å². The van der Waals surface area contributed by atoms with E-state index in [4.69, 9.17) is 5.11 Å². The van der Waals surface area contributed by atoms with Crippen molar-refractivity contribution in [3.63, 3.8) is 0 Å². The van der Waals surface area contributed by atoms with Gasteiger partial charge in [0.2, 0.25) is 0 Å². The average Bonchev–Trinajstić information content (AvgIpc) is 2.29. The number of amides is 1. The smallest absolute Gasteiger partial charge is 0.251 e. The lowest BCUT2D eigenvalue weighted by molar-refractivity contribution is 0.0951. The Bertz CT molecular complexity index is 347. The lowest BCUT2D eigenvalue weighted by atomic mass is 10.1. The maximum atomic E-state index is 11.6. The molecule has 0 aliphatic carbocycles. The summed E-state index contributed by atoms with van der Waals surface area (Å²) in [5.74, 6) is -0.0881. The molecular weight excluding hydrogens is 216 g/mol. The normalized spacial score (nSPS) is 10.6. The fourth-order valence-electron chi connectivity index (χ4n) is 1.51. The molecule has 4 heteroatoms. The van der Waals surface area contributed by atoms with E-state index in [1.165, 1.54) is 5.56 Å². The molecule has 0 aliphatic heterocycles. The van der Waals surface area contributed by atoms with Crippen LogP contribution in [0.15, 0.2) is 24.3 Å². The molecule has 0 saturated heterocycles. The van der Waals surface area contributed by atoms with Crippen LogP contribution >= 0.6 is 0 Å². The SMILES string of the molecule is CN(C)Cc1ccc(C(=O)NCCCO)cc1. The van der Waals surface area contributed by atoms with Gasteiger partial charge in [-0.2, -0.15) is 0 Å². The summed E-state index contributed by atoms with van der Waals surface area (Å²) in [6, 6.07) is 7.57. The van der Waals surface area contributed by atoms with Gasteiger partial charge in [-0.1, -0.05) is 12.1 Å². The van der Waals surface area contributed by atoms with Crippen LogP contribution in [-0.4, -0.2) is 43.2 Å². The van der Waals surface area contributed by atoms with E-state index >= 15 is 0 Å². The van der Waals surface area contributed by atoms with Crippen LogP contribution in [0.25, 0.3) is 0 Å². The second kappa shape index (κ2) is 7.04. The highest BCUT2D eigenvalue weighted by molar-refractivity contribution is 5.94. The highest BCUT2D eigenvalue weighted by Gasteiger charge is 2.04. The minimum absolute atomic E-state index is 0.0881. The van der Waals surface area contributed by atoms with Gasteiger partial charge in [-0.15, -0.1) is 0 Å². The van der Waals surface area contributed by atoms with E-state index in [9.17, 15) is 4.79 Å². The predicted molar refractivity (Wildman–Crippen MR) is 67.9 cm³/mol. The van der Waals surface area contributed by atoms with Crippen LogP contribution in [0.1, 0.15) is 22.3 Å². The molecule has 0 fully saturated rings. The highest BCUT2D eigenvalue weighted by Crippen LogP contribution is 2.06. The van der Waals surface area contributed by atoms with Gasteiger partial charge in [-0.3, -0.25) is 4.79 Å². The number of aliphatic hydroxyl groups is 1. The first-order valence-corrected chi connectivity index (χ1v) is 5.76. The van der Waals surface area contributed by atoms with Crippen molar-refractivity contribution in [3.8, 4) is 0 Å². The maximum absolute atomic E-state index is 11.6. The molecule has 0 spiro atoms. The van der Waals surface area contributed by atoms with Crippen molar-refractivity contribution in [2.75, 3.05) is 27.2 Å². The Balaban J connectivity index is 2.52. The molecule has 17 heavy (non-hydrogen) atoms. The number of hydrogen-bond donors (Lipinski definition) is 2. The van der Waals surface area contributed by atoms with E-state index in [0.717, 1.165) is 6.54 Å². The molecule has 2 N–H and O–H groups in total. The summed E-state index contributed by atoms with van der Waals surface area (Å²) in [4.78, 5) is 13.7. The van der Waals surface area contributed by atoms with Gasteiger partial charge in [0, 0.05) is 25.3 Å². The Morgan fingerprint density at radius 3 is 2.47 bits per heavy atom. The third-order valence-corrected chi connectivity index (χ3v) is 2.34. The van der Waals surface area contributed by atoms with Crippen LogP contribution in [-0.2, 0) is 6.54 Å². The zero-order valence-electron chi connectivity index (χ0n) is 10.4. The molecule has 1 rings (SSSR count). The number of nitrogens with zero attached hydrogens (tertiary/aromatic N) is 1. The molecule has 0 aromatic heterocycles. The van der Waals surface area contributed by atoms with Crippen molar-refractivity contribution in [1.29, 1.82) is 0 Å². The molecule has 0 bridgehead atoms. The first-order valence-electron chi connectivity index (χ1n) is 5.76. The lowest BCUT2D eigenvalue weighted by Crippen LogP contribution is -2.25. The highest BCUT2D eigenvalue weighted by atomic mass is 16.3. The number of carbonyl (C=O) groups excluding carboxylic acids is 1. The summed E-state index contributed by atoms with van der Waals surface area (Å²) in [5, 5.41) is 11.4. The lowest BCUT2D eigenvalue weighted by Gasteiger charge is -2.10. The van der Waals surface area contributed by atoms with E-state index in [0.29, 0.717) is 18.5 Å². The molecule has 4 nitrogen and oxygen atoms in total. The molecule has 1 amide bonds. The van der Waals surface area contributed by atoms with Gasteiger partial charge < -0.3 is 15.3 Å². The molecule has 0 heterocycles. The molecule has 1 aromatic carbocycles. The van der Waals surface area contributed by atoms with Crippen LogP contribution in [0.3, 0.4) is 0 Å². The summed E-state index contributed by atoms with van der Waals surface area (Å²) in [6.07, 6.45) is 0.588.